The largest absolute Gasteiger partial charge is 0.468 e. The highest BCUT2D eigenvalue weighted by Gasteiger charge is 2.47. The Balaban J connectivity index is 1.04. The Morgan fingerprint density at radius 2 is 1.03 bits per heavy atom. The van der Waals surface area contributed by atoms with E-state index in [1.54, 1.807) is 0 Å². The molecule has 0 bridgehead atoms. The fourth-order valence-electron chi connectivity index (χ4n) is 11.4. The average Bonchev–Trinajstić information content (AvgIpc) is 4.18. The van der Waals surface area contributed by atoms with Crippen LogP contribution in [-0.4, -0.2) is 6.71 Å². The Bertz CT molecular complexity index is 4060. The van der Waals surface area contributed by atoms with E-state index in [9.17, 15) is 0 Å². The van der Waals surface area contributed by atoms with Crippen molar-refractivity contribution in [3.63, 3.8) is 0 Å². The standard InChI is InChI=1S/C62H45BN2OS3/c1-36-28-40(49-35-69-57-23-11-8-18-45(49)57)29-37(2)59(36)65-52-20-13-19-51-58(52)63(61-60(65)46-32-41(62(3,4)5)25-27-54(46)66-61)50-26-24-39(48-34-68-56-22-10-7-17-44(48)56)31-53(50)64(51)42-15-12-14-38(30-42)47-33-67-55-21-9-6-16-43(47)55/h6-35H,1-5H3. The monoisotopic (exact) mass is 940 g/mol. The van der Waals surface area contributed by atoms with Crippen LogP contribution in [0.5, 0.6) is 0 Å². The van der Waals surface area contributed by atoms with Crippen LogP contribution in [0.25, 0.3) is 74.6 Å². The number of hydrogen-bond acceptors (Lipinski definition) is 6. The molecule has 0 fully saturated rings. The smallest absolute Gasteiger partial charge is 0.297 e. The number of rotatable bonds is 5. The first-order valence-electron chi connectivity index (χ1n) is 23.7. The molecule has 0 aliphatic carbocycles. The highest BCUT2D eigenvalue weighted by atomic mass is 32.1. The molecule has 0 N–H and O–H groups in total. The summed E-state index contributed by atoms with van der Waals surface area (Å²) >= 11 is 5.44. The Kier molecular flexibility index (Phi) is 8.99. The molecule has 0 unspecified atom stereocenters. The fraction of sp³-hybridized carbons (Fsp3) is 0.0968. The van der Waals surface area contributed by atoms with Crippen LogP contribution in [0.15, 0.2) is 184 Å². The lowest BCUT2D eigenvalue weighted by atomic mass is 9.35. The van der Waals surface area contributed by atoms with Gasteiger partial charge in [0.1, 0.15) is 5.58 Å². The summed E-state index contributed by atoms with van der Waals surface area (Å²) in [6.45, 7) is 11.3. The zero-order valence-electron chi connectivity index (χ0n) is 38.9. The van der Waals surface area contributed by atoms with Crippen molar-refractivity contribution in [1.82, 2.24) is 0 Å². The highest BCUT2D eigenvalue weighted by Crippen LogP contribution is 2.51. The zero-order valence-corrected chi connectivity index (χ0v) is 41.4. The molecule has 0 spiro atoms. The first kappa shape index (κ1) is 40.9. The van der Waals surface area contributed by atoms with Crippen LogP contribution in [0, 0.1) is 13.8 Å². The van der Waals surface area contributed by atoms with Crippen molar-refractivity contribution < 1.29 is 4.42 Å². The molecule has 2 aliphatic heterocycles. The predicted octanol–water partition coefficient (Wildman–Crippen LogP) is 17.1. The minimum atomic E-state index is -0.159. The van der Waals surface area contributed by atoms with Gasteiger partial charge in [-0.3, -0.25) is 0 Å². The van der Waals surface area contributed by atoms with Crippen molar-refractivity contribution in [1.29, 1.82) is 0 Å². The third-order valence-electron chi connectivity index (χ3n) is 14.6. The van der Waals surface area contributed by atoms with Gasteiger partial charge in [-0.2, -0.15) is 0 Å². The van der Waals surface area contributed by atoms with Gasteiger partial charge in [0.25, 0.3) is 6.71 Å². The molecular weight excluding hydrogens is 896 g/mol. The predicted molar refractivity (Wildman–Crippen MR) is 301 cm³/mol. The van der Waals surface area contributed by atoms with Crippen molar-refractivity contribution in [3.8, 4) is 33.4 Å². The Morgan fingerprint density at radius 3 is 1.65 bits per heavy atom. The molecule has 0 atom stereocenters. The molecule has 7 heteroatoms. The van der Waals surface area contributed by atoms with E-state index in [0.29, 0.717) is 0 Å². The average molecular weight is 941 g/mol. The summed E-state index contributed by atoms with van der Waals surface area (Å²) in [6.07, 6.45) is 0. The first-order valence-corrected chi connectivity index (χ1v) is 26.4. The van der Waals surface area contributed by atoms with Crippen LogP contribution < -0.4 is 26.4 Å². The van der Waals surface area contributed by atoms with Gasteiger partial charge in [0, 0.05) is 75.1 Å². The number of benzene rings is 8. The maximum absolute atomic E-state index is 7.38. The van der Waals surface area contributed by atoms with Crippen LogP contribution in [0.3, 0.4) is 0 Å². The van der Waals surface area contributed by atoms with Crippen LogP contribution in [0.2, 0.25) is 0 Å². The van der Waals surface area contributed by atoms with E-state index in [4.69, 9.17) is 4.42 Å². The molecule has 4 aromatic heterocycles. The highest BCUT2D eigenvalue weighted by molar-refractivity contribution is 7.18. The third kappa shape index (κ3) is 6.17. The minimum absolute atomic E-state index is 0.0519. The van der Waals surface area contributed by atoms with E-state index < -0.39 is 0 Å². The number of thiophene rings is 3. The van der Waals surface area contributed by atoms with E-state index in [2.05, 4.69) is 224 Å². The lowest BCUT2D eigenvalue weighted by molar-refractivity contribution is 0.590. The lowest BCUT2D eigenvalue weighted by Crippen LogP contribution is -2.61. The van der Waals surface area contributed by atoms with Crippen LogP contribution in [0.4, 0.5) is 34.1 Å². The number of nitrogens with zero attached hydrogens (tertiary/aromatic N) is 2. The number of anilines is 6. The molecule has 0 saturated heterocycles. The van der Waals surface area contributed by atoms with Crippen molar-refractivity contribution in [2.24, 2.45) is 0 Å². The van der Waals surface area contributed by atoms with Gasteiger partial charge < -0.3 is 14.2 Å². The topological polar surface area (TPSA) is 19.6 Å². The van der Waals surface area contributed by atoms with E-state index in [-0.39, 0.29) is 12.1 Å². The van der Waals surface area contributed by atoms with Crippen LogP contribution in [0.1, 0.15) is 37.5 Å². The molecule has 14 rings (SSSR count). The van der Waals surface area contributed by atoms with Crippen LogP contribution in [-0.2, 0) is 5.41 Å². The van der Waals surface area contributed by atoms with E-state index in [0.717, 1.165) is 33.7 Å². The lowest BCUT2D eigenvalue weighted by Gasteiger charge is -2.43. The van der Waals surface area contributed by atoms with Gasteiger partial charge in [-0.15, -0.1) is 34.0 Å². The van der Waals surface area contributed by atoms with E-state index >= 15 is 0 Å². The van der Waals surface area contributed by atoms with Crippen molar-refractivity contribution in [2.75, 3.05) is 9.80 Å². The number of fused-ring (bicyclic) bond motifs is 9. The molecule has 0 amide bonds. The molecule has 2 aliphatic rings. The molecule has 69 heavy (non-hydrogen) atoms. The van der Waals surface area contributed by atoms with Gasteiger partial charge in [-0.1, -0.05) is 112 Å². The molecule has 6 heterocycles. The summed E-state index contributed by atoms with van der Waals surface area (Å²) < 4.78 is 11.3. The molecule has 0 radical (unpaired) electrons. The van der Waals surface area contributed by atoms with Crippen molar-refractivity contribution in [3.05, 3.63) is 197 Å². The minimum Gasteiger partial charge on any atom is -0.468 e. The van der Waals surface area contributed by atoms with Gasteiger partial charge >= 0.3 is 0 Å². The quantitative estimate of drug-likeness (QED) is 0.160. The zero-order chi connectivity index (χ0) is 46.3. The Morgan fingerprint density at radius 1 is 0.464 bits per heavy atom. The van der Waals surface area contributed by atoms with Crippen LogP contribution >= 0.6 is 34.0 Å². The van der Waals surface area contributed by atoms with Crippen molar-refractivity contribution in [2.45, 2.75) is 40.0 Å². The molecular formula is C62H45BN2OS3. The normalized spacial score (nSPS) is 13.2. The molecule has 0 saturated carbocycles. The van der Waals surface area contributed by atoms with E-state index in [1.165, 1.54) is 108 Å². The van der Waals surface area contributed by atoms with Crippen molar-refractivity contribution >= 4 is 133 Å². The number of aryl methyl sites for hydroxylation is 2. The van der Waals surface area contributed by atoms with Gasteiger partial charge in [0.15, 0.2) is 0 Å². The first-order chi connectivity index (χ1) is 33.7. The molecule has 330 valence electrons. The molecule has 8 aromatic carbocycles. The number of hydrogen-bond donors (Lipinski definition) is 0. The second-order valence-electron chi connectivity index (χ2n) is 19.8. The second kappa shape index (κ2) is 15.2. The van der Waals surface area contributed by atoms with E-state index in [1.807, 2.05) is 34.0 Å². The fourth-order valence-corrected chi connectivity index (χ4v) is 14.4. The maximum atomic E-state index is 7.38. The maximum Gasteiger partial charge on any atom is 0.297 e. The second-order valence-corrected chi connectivity index (χ2v) is 22.5. The summed E-state index contributed by atoms with van der Waals surface area (Å²) in [7, 11) is 0. The van der Waals surface area contributed by atoms with Gasteiger partial charge in [-0.25, -0.2) is 0 Å². The van der Waals surface area contributed by atoms with Gasteiger partial charge in [0.05, 0.1) is 17.0 Å². The van der Waals surface area contributed by atoms with Gasteiger partial charge in [-0.05, 0) is 153 Å². The summed E-state index contributed by atoms with van der Waals surface area (Å²) in [6, 6.07) is 61.3. The Labute approximate surface area is 414 Å². The number of furan rings is 1. The summed E-state index contributed by atoms with van der Waals surface area (Å²) in [5.74, 6) is 0. The van der Waals surface area contributed by atoms with Gasteiger partial charge in [0.2, 0.25) is 0 Å². The summed E-state index contributed by atoms with van der Waals surface area (Å²) in [4.78, 5) is 5.10. The summed E-state index contributed by atoms with van der Waals surface area (Å²) in [5.41, 5.74) is 22.5. The SMILES string of the molecule is Cc1cc(-c2csc3ccccc23)cc(C)c1N1c2cccc3c2B(c2ccc(-c4csc5ccccc45)cc2N3c2cccc(-c3csc4ccccc34)c2)c2oc3ccc(C(C)(C)C)cc3c21. The Hall–Kier alpha value is -7.16. The molecule has 12 aromatic rings. The third-order valence-corrected chi connectivity index (χ3v) is 17.5. The molecule has 3 nitrogen and oxygen atoms in total. The summed E-state index contributed by atoms with van der Waals surface area (Å²) in [5, 5.41) is 12.0.